The number of nitrogens with zero attached hydrogens (tertiary/aromatic N) is 6. The van der Waals surface area contributed by atoms with Gasteiger partial charge in [0.25, 0.3) is 5.56 Å². The fourth-order valence-corrected chi connectivity index (χ4v) is 7.07. The fourth-order valence-electron chi connectivity index (χ4n) is 6.12. The smallest absolute Gasteiger partial charge is 0.260 e. The Labute approximate surface area is 270 Å². The number of aliphatic hydroxyl groups excluding tert-OH is 1. The van der Waals surface area contributed by atoms with Crippen molar-refractivity contribution in [1.82, 2.24) is 29.2 Å². The monoisotopic (exact) mass is 654 g/mol. The van der Waals surface area contributed by atoms with E-state index in [1.165, 1.54) is 28.3 Å². The van der Waals surface area contributed by atoms with Crippen molar-refractivity contribution in [2.75, 3.05) is 19.8 Å². The summed E-state index contributed by atoms with van der Waals surface area (Å²) < 4.78 is 40.0. The van der Waals surface area contributed by atoms with Gasteiger partial charge in [-0.15, -0.1) is 11.3 Å². The van der Waals surface area contributed by atoms with Crippen molar-refractivity contribution in [2.45, 2.75) is 19.5 Å². The number of hydrogen-bond acceptors (Lipinski definition) is 8. The van der Waals surface area contributed by atoms with Gasteiger partial charge in [0.15, 0.2) is 0 Å². The SMILES string of the molecule is C=CC(=O)N1CCn2nc(-c3nc(-c4ccc5ncn(C)c(=O)c5c4)c4ccsc4c3-c3c(F)cc(F)cc3OCCO)cc2[C@H]1C. The average molecular weight is 655 g/mol. The van der Waals surface area contributed by atoms with Crippen LogP contribution in [0.15, 0.2) is 71.6 Å². The molecular weight excluding hydrogens is 626 g/mol. The zero-order chi connectivity index (χ0) is 33.0. The number of aryl methyl sites for hydroxylation is 1. The number of hydrogen-bond donors (Lipinski definition) is 1. The first-order chi connectivity index (χ1) is 22.7. The molecule has 1 atom stereocenters. The number of benzene rings is 2. The first kappa shape index (κ1) is 30.4. The van der Waals surface area contributed by atoms with Crippen molar-refractivity contribution in [2.24, 2.45) is 7.05 Å². The van der Waals surface area contributed by atoms with E-state index in [-0.39, 0.29) is 42.0 Å². The van der Waals surface area contributed by atoms with Gasteiger partial charge in [-0.25, -0.2) is 18.7 Å². The number of amides is 1. The molecule has 0 spiro atoms. The van der Waals surface area contributed by atoms with Crippen molar-refractivity contribution in [3.63, 3.8) is 0 Å². The number of aromatic nitrogens is 5. The Morgan fingerprint density at radius 1 is 1.13 bits per heavy atom. The summed E-state index contributed by atoms with van der Waals surface area (Å²) in [6.45, 7) is 5.80. The van der Waals surface area contributed by atoms with Crippen LogP contribution in [-0.4, -0.2) is 60.0 Å². The van der Waals surface area contributed by atoms with Crippen molar-refractivity contribution in [1.29, 1.82) is 0 Å². The number of aliphatic hydroxyl groups is 1. The maximum atomic E-state index is 16.0. The number of carbonyl (C=O) groups is 1. The summed E-state index contributed by atoms with van der Waals surface area (Å²) in [7, 11) is 1.63. The average Bonchev–Trinajstić information content (AvgIpc) is 3.73. The summed E-state index contributed by atoms with van der Waals surface area (Å²) in [5, 5.41) is 17.3. The topological polar surface area (TPSA) is 115 Å². The Kier molecular flexibility index (Phi) is 7.65. The van der Waals surface area contributed by atoms with Crippen LogP contribution >= 0.6 is 11.3 Å². The highest BCUT2D eigenvalue weighted by atomic mass is 32.1. The number of halogens is 2. The van der Waals surface area contributed by atoms with Crippen LogP contribution in [0.1, 0.15) is 18.7 Å². The third kappa shape index (κ3) is 5.07. The summed E-state index contributed by atoms with van der Waals surface area (Å²) >= 11 is 1.34. The Bertz CT molecular complexity index is 2290. The lowest BCUT2D eigenvalue weighted by molar-refractivity contribution is -0.129. The van der Waals surface area contributed by atoms with E-state index >= 15 is 4.39 Å². The molecule has 10 nitrogen and oxygen atoms in total. The number of thiophene rings is 1. The van der Waals surface area contributed by atoms with E-state index in [2.05, 4.69) is 11.6 Å². The summed E-state index contributed by atoms with van der Waals surface area (Å²) in [6, 6.07) is 10.5. The van der Waals surface area contributed by atoms with E-state index in [1.807, 2.05) is 30.5 Å². The number of rotatable bonds is 7. The molecule has 238 valence electrons. The molecule has 0 radical (unpaired) electrons. The summed E-state index contributed by atoms with van der Waals surface area (Å²) in [5.74, 6) is -2.01. The molecule has 1 N–H and O–H groups in total. The third-order valence-corrected chi connectivity index (χ3v) is 9.31. The summed E-state index contributed by atoms with van der Waals surface area (Å²) in [5.41, 5.74) is 3.23. The van der Waals surface area contributed by atoms with Gasteiger partial charge in [0, 0.05) is 46.9 Å². The highest BCUT2D eigenvalue weighted by Crippen LogP contribution is 2.47. The third-order valence-electron chi connectivity index (χ3n) is 8.38. The molecule has 0 fully saturated rings. The number of ether oxygens (including phenoxy) is 1. The van der Waals surface area contributed by atoms with Crippen LogP contribution in [0, 0.1) is 11.6 Å². The molecule has 1 aliphatic rings. The van der Waals surface area contributed by atoms with Crippen LogP contribution in [0.5, 0.6) is 5.75 Å². The molecule has 0 bridgehead atoms. The quantitative estimate of drug-likeness (QED) is 0.227. The Morgan fingerprint density at radius 3 is 2.74 bits per heavy atom. The van der Waals surface area contributed by atoms with Gasteiger partial charge in [0.05, 0.1) is 53.4 Å². The normalized spacial score (nSPS) is 14.5. The van der Waals surface area contributed by atoms with Crippen molar-refractivity contribution < 1.29 is 23.4 Å². The first-order valence-electron chi connectivity index (χ1n) is 14.8. The van der Waals surface area contributed by atoms with Gasteiger partial charge in [-0.05, 0) is 42.6 Å². The predicted molar refractivity (Wildman–Crippen MR) is 175 cm³/mol. The molecule has 0 saturated heterocycles. The fraction of sp³-hybridized carbons (Fsp3) is 0.206. The standard InChI is InChI=1S/C34H28F2N6O4S/c1-4-28(44)41-8-9-42-26(18(41)2)16-25(39-42)32-30(29-23(36)14-20(35)15-27(29)46-11-10-43)33-21(7-12-47-33)31(38-32)19-5-6-24-22(13-19)34(45)40(3)17-37-24/h4-7,12-18,43H,1,8-11H2,2-3H3/t18-/m1/s1. The van der Waals surface area contributed by atoms with Crippen LogP contribution in [0.4, 0.5) is 8.78 Å². The maximum Gasteiger partial charge on any atom is 0.260 e. The highest BCUT2D eigenvalue weighted by molar-refractivity contribution is 7.18. The minimum atomic E-state index is -0.871. The lowest BCUT2D eigenvalue weighted by Crippen LogP contribution is -2.40. The van der Waals surface area contributed by atoms with Gasteiger partial charge in [0.1, 0.15) is 35.4 Å². The minimum absolute atomic E-state index is 0.0274. The van der Waals surface area contributed by atoms with Crippen molar-refractivity contribution in [3.8, 4) is 39.5 Å². The number of fused-ring (bicyclic) bond motifs is 3. The molecule has 4 aromatic heterocycles. The van der Waals surface area contributed by atoms with Gasteiger partial charge in [-0.2, -0.15) is 5.10 Å². The summed E-state index contributed by atoms with van der Waals surface area (Å²) in [6.07, 6.45) is 2.74. The molecule has 0 unspecified atom stereocenters. The molecule has 7 rings (SSSR count). The van der Waals surface area contributed by atoms with Gasteiger partial charge < -0.3 is 19.3 Å². The van der Waals surface area contributed by atoms with E-state index in [0.29, 0.717) is 62.3 Å². The van der Waals surface area contributed by atoms with Crippen molar-refractivity contribution >= 4 is 38.2 Å². The molecule has 0 saturated carbocycles. The van der Waals surface area contributed by atoms with E-state index < -0.39 is 11.6 Å². The van der Waals surface area contributed by atoms with Crippen LogP contribution in [0.25, 0.3) is 54.8 Å². The molecule has 5 heterocycles. The largest absolute Gasteiger partial charge is 0.490 e. The number of pyridine rings is 1. The second kappa shape index (κ2) is 11.8. The Balaban J connectivity index is 1.53. The Hall–Kier alpha value is -5.27. The first-order valence-corrected chi connectivity index (χ1v) is 15.7. The predicted octanol–water partition coefficient (Wildman–Crippen LogP) is 5.48. The van der Waals surface area contributed by atoms with Gasteiger partial charge in [-0.3, -0.25) is 14.3 Å². The van der Waals surface area contributed by atoms with E-state index in [9.17, 15) is 19.1 Å². The zero-order valence-electron chi connectivity index (χ0n) is 25.4. The van der Waals surface area contributed by atoms with Gasteiger partial charge in [-0.1, -0.05) is 12.6 Å². The van der Waals surface area contributed by atoms with Gasteiger partial charge in [0.2, 0.25) is 5.91 Å². The molecule has 47 heavy (non-hydrogen) atoms. The van der Waals surface area contributed by atoms with Gasteiger partial charge >= 0.3 is 0 Å². The molecule has 6 aromatic rings. The second-order valence-electron chi connectivity index (χ2n) is 11.2. The van der Waals surface area contributed by atoms with E-state index in [4.69, 9.17) is 14.8 Å². The minimum Gasteiger partial charge on any atom is -0.490 e. The molecule has 13 heteroatoms. The molecule has 0 aliphatic carbocycles. The van der Waals surface area contributed by atoms with Crippen LogP contribution < -0.4 is 10.3 Å². The maximum absolute atomic E-state index is 16.0. The lowest BCUT2D eigenvalue weighted by Gasteiger charge is -2.33. The highest BCUT2D eigenvalue weighted by Gasteiger charge is 2.31. The van der Waals surface area contributed by atoms with Crippen LogP contribution in [0.2, 0.25) is 0 Å². The van der Waals surface area contributed by atoms with E-state index in [0.717, 1.165) is 17.8 Å². The van der Waals surface area contributed by atoms with E-state index in [1.54, 1.807) is 28.8 Å². The second-order valence-corrected chi connectivity index (χ2v) is 12.1. The number of carbonyl (C=O) groups excluding carboxylic acids is 1. The molecule has 1 aliphatic heterocycles. The molecular formula is C34H28F2N6O4S. The summed E-state index contributed by atoms with van der Waals surface area (Å²) in [4.78, 5) is 36.8. The lowest BCUT2D eigenvalue weighted by atomic mass is 9.96. The molecule has 1 amide bonds. The molecule has 2 aromatic carbocycles. The van der Waals surface area contributed by atoms with Crippen LogP contribution in [-0.2, 0) is 18.4 Å². The zero-order valence-corrected chi connectivity index (χ0v) is 26.2. The van der Waals surface area contributed by atoms with Crippen molar-refractivity contribution in [3.05, 3.63) is 94.5 Å². The van der Waals surface area contributed by atoms with Crippen LogP contribution in [0.3, 0.4) is 0 Å². The Morgan fingerprint density at radius 2 is 1.96 bits per heavy atom.